The van der Waals surface area contributed by atoms with E-state index >= 15 is 0 Å². The second-order valence-corrected chi connectivity index (χ2v) is 7.89. The molecule has 1 aliphatic rings. The molecule has 2 aromatic heterocycles. The number of amides is 1. The smallest absolute Gasteiger partial charge is 0.263 e. The molecular weight excluding hydrogens is 362 g/mol. The molecule has 1 aliphatic carbocycles. The lowest BCUT2D eigenvalue weighted by molar-refractivity contribution is -0.120. The zero-order valence-electron chi connectivity index (χ0n) is 15.3. The third-order valence-electron chi connectivity index (χ3n) is 5.18. The quantitative estimate of drug-likeness (QED) is 0.734. The van der Waals surface area contributed by atoms with Crippen molar-refractivity contribution in [3.05, 3.63) is 56.4 Å². The number of aryl methyl sites for hydroxylation is 2. The number of rotatable bonds is 5. The fourth-order valence-corrected chi connectivity index (χ4v) is 5.04. The minimum absolute atomic E-state index is 0.171. The van der Waals surface area contributed by atoms with Crippen LogP contribution in [0.1, 0.15) is 41.2 Å². The number of fused-ring (bicyclic) bond motifs is 3. The van der Waals surface area contributed by atoms with Crippen LogP contribution in [0.4, 0.5) is 0 Å². The van der Waals surface area contributed by atoms with Gasteiger partial charge in [-0.05, 0) is 37.8 Å². The second kappa shape index (κ2) is 6.81. The number of carbonyl (C=O) groups is 1. The Balaban J connectivity index is 1.94. The number of primary amides is 1. The molecule has 0 radical (unpaired) electrons. The highest BCUT2D eigenvalue weighted by Crippen LogP contribution is 2.35. The number of thiophene rings is 1. The molecular formula is C20H21N3O3S. The number of aromatic nitrogens is 2. The number of benzene rings is 1. The Hall–Kier alpha value is -2.67. The summed E-state index contributed by atoms with van der Waals surface area (Å²) >= 11 is 1.59. The molecule has 1 amide bonds. The van der Waals surface area contributed by atoms with Gasteiger partial charge in [-0.2, -0.15) is 0 Å². The minimum Gasteiger partial charge on any atom is -0.496 e. The number of hydrogen-bond acceptors (Lipinski definition) is 5. The van der Waals surface area contributed by atoms with Gasteiger partial charge >= 0.3 is 0 Å². The maximum Gasteiger partial charge on any atom is 0.263 e. The van der Waals surface area contributed by atoms with Crippen molar-refractivity contribution in [1.82, 2.24) is 9.55 Å². The molecule has 0 saturated carbocycles. The standard InChI is InChI=1S/C20H21N3O3S/c1-11(18(21)24)23-16(10-12-6-3-4-8-14(12)26-2)22-19-17(20(23)25)13-7-5-9-15(13)27-19/h3-4,6,8,11H,5,7,9-10H2,1-2H3,(H2,21,24). The van der Waals surface area contributed by atoms with Gasteiger partial charge in [0.1, 0.15) is 22.4 Å². The zero-order chi connectivity index (χ0) is 19.1. The lowest BCUT2D eigenvalue weighted by Gasteiger charge is -2.18. The molecule has 1 atom stereocenters. The molecule has 0 saturated heterocycles. The van der Waals surface area contributed by atoms with Crippen LogP contribution in [0.15, 0.2) is 29.1 Å². The van der Waals surface area contributed by atoms with E-state index < -0.39 is 11.9 Å². The summed E-state index contributed by atoms with van der Waals surface area (Å²) in [5, 5.41) is 0.657. The molecule has 7 heteroatoms. The van der Waals surface area contributed by atoms with Crippen molar-refractivity contribution < 1.29 is 9.53 Å². The number of nitrogens with two attached hydrogens (primary N) is 1. The average molecular weight is 383 g/mol. The van der Waals surface area contributed by atoms with E-state index in [2.05, 4.69) is 0 Å². The summed E-state index contributed by atoms with van der Waals surface area (Å²) < 4.78 is 6.89. The van der Waals surface area contributed by atoms with Gasteiger partial charge in [0.2, 0.25) is 5.91 Å². The zero-order valence-corrected chi connectivity index (χ0v) is 16.1. The summed E-state index contributed by atoms with van der Waals surface area (Å²) in [7, 11) is 1.61. The summed E-state index contributed by atoms with van der Waals surface area (Å²) in [5.74, 6) is 0.702. The van der Waals surface area contributed by atoms with Crippen molar-refractivity contribution in [1.29, 1.82) is 0 Å². The summed E-state index contributed by atoms with van der Waals surface area (Å²) in [6.45, 7) is 1.65. The number of carbonyl (C=O) groups excluding carboxylic acids is 1. The normalized spacial score (nSPS) is 14.3. The Morgan fingerprint density at radius 1 is 1.37 bits per heavy atom. The SMILES string of the molecule is COc1ccccc1Cc1nc2sc3c(c2c(=O)n1C(C)C(N)=O)CCC3. The number of para-hydroxylation sites is 1. The van der Waals surface area contributed by atoms with Crippen LogP contribution in [-0.4, -0.2) is 22.6 Å². The van der Waals surface area contributed by atoms with Gasteiger partial charge < -0.3 is 10.5 Å². The van der Waals surface area contributed by atoms with Crippen LogP contribution < -0.4 is 16.0 Å². The van der Waals surface area contributed by atoms with Gasteiger partial charge in [-0.3, -0.25) is 14.2 Å². The van der Waals surface area contributed by atoms with Crippen LogP contribution in [0.2, 0.25) is 0 Å². The average Bonchev–Trinajstić information content (AvgIpc) is 3.22. The first kappa shape index (κ1) is 17.7. The molecule has 140 valence electrons. The Labute approximate surface area is 160 Å². The Morgan fingerprint density at radius 2 is 2.15 bits per heavy atom. The van der Waals surface area contributed by atoms with E-state index in [4.69, 9.17) is 15.5 Å². The minimum atomic E-state index is -0.768. The number of ether oxygens (including phenoxy) is 1. The first-order valence-corrected chi connectivity index (χ1v) is 9.79. The number of nitrogens with zero attached hydrogens (tertiary/aromatic N) is 2. The Kier molecular flexibility index (Phi) is 4.47. The lowest BCUT2D eigenvalue weighted by atomic mass is 10.1. The van der Waals surface area contributed by atoms with Crippen molar-refractivity contribution >= 4 is 27.5 Å². The molecule has 2 N–H and O–H groups in total. The predicted molar refractivity (Wildman–Crippen MR) is 106 cm³/mol. The van der Waals surface area contributed by atoms with Gasteiger partial charge in [0, 0.05) is 16.9 Å². The van der Waals surface area contributed by atoms with Crippen LogP contribution in [0.5, 0.6) is 5.75 Å². The Bertz CT molecular complexity index is 1100. The molecule has 2 heterocycles. The van der Waals surface area contributed by atoms with E-state index in [1.54, 1.807) is 25.4 Å². The van der Waals surface area contributed by atoms with Crippen LogP contribution in [0, 0.1) is 0 Å². The van der Waals surface area contributed by atoms with Gasteiger partial charge in [0.05, 0.1) is 12.5 Å². The number of hydrogen-bond donors (Lipinski definition) is 1. The second-order valence-electron chi connectivity index (χ2n) is 6.81. The lowest BCUT2D eigenvalue weighted by Crippen LogP contribution is -2.35. The van der Waals surface area contributed by atoms with Crippen LogP contribution in [0.3, 0.4) is 0 Å². The molecule has 0 bridgehead atoms. The first-order valence-electron chi connectivity index (χ1n) is 8.98. The van der Waals surface area contributed by atoms with E-state index in [-0.39, 0.29) is 5.56 Å². The largest absolute Gasteiger partial charge is 0.496 e. The van der Waals surface area contributed by atoms with E-state index in [1.807, 2.05) is 24.3 Å². The maximum atomic E-state index is 13.4. The summed E-state index contributed by atoms with van der Waals surface area (Å²) in [5.41, 5.74) is 7.37. The molecule has 0 fully saturated rings. The highest BCUT2D eigenvalue weighted by Gasteiger charge is 2.26. The third kappa shape index (κ3) is 2.92. The molecule has 3 aromatic rings. The molecule has 0 aliphatic heterocycles. The molecule has 4 rings (SSSR count). The first-order chi connectivity index (χ1) is 13.0. The van der Waals surface area contributed by atoms with Crippen molar-refractivity contribution in [2.24, 2.45) is 5.73 Å². The van der Waals surface area contributed by atoms with Crippen molar-refractivity contribution in [2.75, 3.05) is 7.11 Å². The van der Waals surface area contributed by atoms with Gasteiger partial charge in [0.15, 0.2) is 0 Å². The maximum absolute atomic E-state index is 13.4. The van der Waals surface area contributed by atoms with E-state index in [0.29, 0.717) is 17.6 Å². The van der Waals surface area contributed by atoms with Gasteiger partial charge in [-0.25, -0.2) is 4.98 Å². The molecule has 1 aromatic carbocycles. The van der Waals surface area contributed by atoms with Crippen molar-refractivity contribution in [2.45, 2.75) is 38.6 Å². The summed E-state index contributed by atoms with van der Waals surface area (Å²) in [6, 6.07) is 6.84. The van der Waals surface area contributed by atoms with E-state index in [0.717, 1.165) is 41.0 Å². The van der Waals surface area contributed by atoms with Crippen LogP contribution >= 0.6 is 11.3 Å². The van der Waals surface area contributed by atoms with E-state index in [9.17, 15) is 9.59 Å². The molecule has 6 nitrogen and oxygen atoms in total. The van der Waals surface area contributed by atoms with Gasteiger partial charge in [-0.15, -0.1) is 11.3 Å². The Morgan fingerprint density at radius 3 is 2.89 bits per heavy atom. The highest BCUT2D eigenvalue weighted by molar-refractivity contribution is 7.18. The fourth-order valence-electron chi connectivity index (χ4n) is 3.77. The molecule has 1 unspecified atom stereocenters. The highest BCUT2D eigenvalue weighted by atomic mass is 32.1. The molecule has 0 spiro atoms. The fraction of sp³-hybridized carbons (Fsp3) is 0.350. The van der Waals surface area contributed by atoms with Crippen molar-refractivity contribution in [3.63, 3.8) is 0 Å². The van der Waals surface area contributed by atoms with Crippen LogP contribution in [0.25, 0.3) is 10.2 Å². The monoisotopic (exact) mass is 383 g/mol. The summed E-state index contributed by atoms with van der Waals surface area (Å²) in [6.07, 6.45) is 3.33. The predicted octanol–water partition coefficient (Wildman–Crippen LogP) is 2.59. The number of methoxy groups -OCH3 is 1. The topological polar surface area (TPSA) is 87.2 Å². The van der Waals surface area contributed by atoms with Gasteiger partial charge in [0.25, 0.3) is 5.56 Å². The molecule has 27 heavy (non-hydrogen) atoms. The van der Waals surface area contributed by atoms with E-state index in [1.165, 1.54) is 9.44 Å². The summed E-state index contributed by atoms with van der Waals surface area (Å²) in [4.78, 5) is 32.0. The third-order valence-corrected chi connectivity index (χ3v) is 6.37. The van der Waals surface area contributed by atoms with Gasteiger partial charge in [-0.1, -0.05) is 18.2 Å². The van der Waals surface area contributed by atoms with Crippen LogP contribution in [-0.2, 0) is 24.1 Å². The van der Waals surface area contributed by atoms with Crippen molar-refractivity contribution in [3.8, 4) is 5.75 Å².